The van der Waals surface area contributed by atoms with Crippen LogP contribution >= 0.6 is 0 Å². The molecule has 90 valence electrons. The molecule has 0 spiro atoms. The van der Waals surface area contributed by atoms with Crippen molar-refractivity contribution in [1.82, 2.24) is 0 Å². The van der Waals surface area contributed by atoms with E-state index in [4.69, 9.17) is 5.73 Å². The fourth-order valence-corrected chi connectivity index (χ4v) is 2.98. The Labute approximate surface area is 95.8 Å². The van der Waals surface area contributed by atoms with Crippen molar-refractivity contribution in [2.24, 2.45) is 17.6 Å². The van der Waals surface area contributed by atoms with Crippen LogP contribution < -0.4 is 5.73 Å². The van der Waals surface area contributed by atoms with E-state index in [0.29, 0.717) is 0 Å². The largest absolute Gasteiger partial charge is 0.330 e. The van der Waals surface area contributed by atoms with Gasteiger partial charge in [0.1, 0.15) is 0 Å². The minimum absolute atomic E-state index is 0.842. The molecule has 2 atom stereocenters. The lowest BCUT2D eigenvalue weighted by molar-refractivity contribution is 0.292. The first-order valence-electron chi connectivity index (χ1n) is 7.08. The highest BCUT2D eigenvalue weighted by atomic mass is 14.6. The van der Waals surface area contributed by atoms with E-state index in [0.717, 1.165) is 18.4 Å². The summed E-state index contributed by atoms with van der Waals surface area (Å²) in [6.45, 7) is 3.22. The van der Waals surface area contributed by atoms with Crippen molar-refractivity contribution in [3.05, 3.63) is 0 Å². The van der Waals surface area contributed by atoms with Crippen molar-refractivity contribution in [2.75, 3.05) is 6.54 Å². The van der Waals surface area contributed by atoms with Gasteiger partial charge in [-0.1, -0.05) is 64.7 Å². The smallest absolute Gasteiger partial charge is 0.00462 e. The zero-order valence-corrected chi connectivity index (χ0v) is 10.5. The third-order valence-electron chi connectivity index (χ3n) is 4.05. The molecule has 1 rings (SSSR count). The van der Waals surface area contributed by atoms with E-state index in [2.05, 4.69) is 6.92 Å². The van der Waals surface area contributed by atoms with Crippen LogP contribution in [0.2, 0.25) is 0 Å². The molecular weight excluding hydrogens is 182 g/mol. The van der Waals surface area contributed by atoms with Crippen molar-refractivity contribution in [2.45, 2.75) is 71.1 Å². The Kier molecular flexibility index (Phi) is 7.08. The lowest BCUT2D eigenvalue weighted by Crippen LogP contribution is -2.22. The van der Waals surface area contributed by atoms with Crippen LogP contribution in [0.4, 0.5) is 0 Å². The van der Waals surface area contributed by atoms with E-state index < -0.39 is 0 Å². The van der Waals surface area contributed by atoms with E-state index in [9.17, 15) is 0 Å². The molecule has 0 heterocycles. The van der Waals surface area contributed by atoms with Crippen molar-refractivity contribution in [1.29, 1.82) is 0 Å². The number of unbranched alkanes of at least 4 members (excludes halogenated alkanes) is 3. The predicted molar refractivity (Wildman–Crippen MR) is 67.9 cm³/mol. The third kappa shape index (κ3) is 5.01. The van der Waals surface area contributed by atoms with Gasteiger partial charge in [-0.3, -0.25) is 0 Å². The first kappa shape index (κ1) is 13.0. The van der Waals surface area contributed by atoms with Gasteiger partial charge in [0.05, 0.1) is 0 Å². The number of hydrogen-bond donors (Lipinski definition) is 1. The predicted octanol–water partition coefficient (Wildman–Crippen LogP) is 4.11. The van der Waals surface area contributed by atoms with Gasteiger partial charge < -0.3 is 5.73 Å². The maximum atomic E-state index is 5.89. The van der Waals surface area contributed by atoms with Gasteiger partial charge in [-0.25, -0.2) is 0 Å². The average molecular weight is 211 g/mol. The standard InChI is InChI=1S/C14H29N/c1-2-3-4-6-9-13-10-7-5-8-11-14(13)12-15/h13-14H,2-12,15H2,1H3. The van der Waals surface area contributed by atoms with Gasteiger partial charge in [0.25, 0.3) is 0 Å². The molecule has 0 amide bonds. The average Bonchev–Trinajstić information content (AvgIpc) is 2.49. The Morgan fingerprint density at radius 1 is 0.933 bits per heavy atom. The summed E-state index contributed by atoms with van der Waals surface area (Å²) in [5, 5.41) is 0. The van der Waals surface area contributed by atoms with Crippen LogP contribution in [-0.2, 0) is 0 Å². The van der Waals surface area contributed by atoms with Crippen LogP contribution in [-0.4, -0.2) is 6.54 Å². The normalized spacial score (nSPS) is 27.6. The minimum Gasteiger partial charge on any atom is -0.330 e. The highest BCUT2D eigenvalue weighted by molar-refractivity contribution is 4.74. The molecular formula is C14H29N. The Bertz CT molecular complexity index is 144. The molecule has 1 aliphatic carbocycles. The summed E-state index contributed by atoms with van der Waals surface area (Å²) >= 11 is 0. The summed E-state index contributed by atoms with van der Waals surface area (Å²) in [6, 6.07) is 0. The molecule has 1 saturated carbocycles. The minimum atomic E-state index is 0.842. The summed E-state index contributed by atoms with van der Waals surface area (Å²) in [5.74, 6) is 1.79. The molecule has 1 fully saturated rings. The van der Waals surface area contributed by atoms with Crippen molar-refractivity contribution >= 4 is 0 Å². The number of nitrogens with two attached hydrogens (primary N) is 1. The van der Waals surface area contributed by atoms with Crippen molar-refractivity contribution < 1.29 is 0 Å². The third-order valence-corrected chi connectivity index (χ3v) is 4.05. The van der Waals surface area contributed by atoms with Crippen LogP contribution in [0.1, 0.15) is 71.1 Å². The van der Waals surface area contributed by atoms with Crippen LogP contribution in [0.25, 0.3) is 0 Å². The fraction of sp³-hybridized carbons (Fsp3) is 1.00. The van der Waals surface area contributed by atoms with Gasteiger partial charge in [-0.2, -0.15) is 0 Å². The first-order valence-corrected chi connectivity index (χ1v) is 7.08. The Hall–Kier alpha value is -0.0400. The second-order valence-corrected chi connectivity index (χ2v) is 5.24. The second-order valence-electron chi connectivity index (χ2n) is 5.24. The zero-order chi connectivity index (χ0) is 10.9. The quantitative estimate of drug-likeness (QED) is 0.519. The van der Waals surface area contributed by atoms with Gasteiger partial charge in [-0.15, -0.1) is 0 Å². The van der Waals surface area contributed by atoms with Crippen LogP contribution in [0.15, 0.2) is 0 Å². The van der Waals surface area contributed by atoms with Gasteiger partial charge >= 0.3 is 0 Å². The first-order chi connectivity index (χ1) is 7.38. The summed E-state index contributed by atoms with van der Waals surface area (Å²) < 4.78 is 0. The topological polar surface area (TPSA) is 26.0 Å². The summed E-state index contributed by atoms with van der Waals surface area (Å²) in [4.78, 5) is 0. The van der Waals surface area contributed by atoms with Gasteiger partial charge in [-0.05, 0) is 24.8 Å². The van der Waals surface area contributed by atoms with E-state index >= 15 is 0 Å². The zero-order valence-electron chi connectivity index (χ0n) is 10.5. The van der Waals surface area contributed by atoms with Crippen molar-refractivity contribution in [3.8, 4) is 0 Å². The van der Waals surface area contributed by atoms with Crippen LogP contribution in [0, 0.1) is 11.8 Å². The number of hydrogen-bond acceptors (Lipinski definition) is 1. The Morgan fingerprint density at radius 2 is 1.67 bits per heavy atom. The SMILES string of the molecule is CCCCCCC1CCCCCC1CN. The van der Waals surface area contributed by atoms with E-state index in [-0.39, 0.29) is 0 Å². The maximum Gasteiger partial charge on any atom is -0.00462 e. The van der Waals surface area contributed by atoms with E-state index in [1.54, 1.807) is 0 Å². The maximum absolute atomic E-state index is 5.89. The van der Waals surface area contributed by atoms with E-state index in [1.807, 2.05) is 0 Å². The molecule has 0 saturated heterocycles. The Balaban J connectivity index is 2.22. The van der Waals surface area contributed by atoms with E-state index in [1.165, 1.54) is 64.2 Å². The summed E-state index contributed by atoms with van der Waals surface area (Å²) in [7, 11) is 0. The van der Waals surface area contributed by atoms with Gasteiger partial charge in [0.2, 0.25) is 0 Å². The molecule has 15 heavy (non-hydrogen) atoms. The van der Waals surface area contributed by atoms with Crippen LogP contribution in [0.3, 0.4) is 0 Å². The molecule has 0 aliphatic heterocycles. The molecule has 0 aromatic rings. The molecule has 0 bridgehead atoms. The fourth-order valence-electron chi connectivity index (χ4n) is 2.98. The second kappa shape index (κ2) is 8.15. The number of rotatable bonds is 6. The van der Waals surface area contributed by atoms with Crippen LogP contribution in [0.5, 0.6) is 0 Å². The molecule has 2 unspecified atom stereocenters. The molecule has 1 heteroatoms. The monoisotopic (exact) mass is 211 g/mol. The molecule has 2 N–H and O–H groups in total. The molecule has 1 aliphatic rings. The highest BCUT2D eigenvalue weighted by Crippen LogP contribution is 2.31. The van der Waals surface area contributed by atoms with Gasteiger partial charge in [0.15, 0.2) is 0 Å². The summed E-state index contributed by atoms with van der Waals surface area (Å²) in [5.41, 5.74) is 5.89. The Morgan fingerprint density at radius 3 is 2.33 bits per heavy atom. The lowest BCUT2D eigenvalue weighted by atomic mass is 9.84. The molecule has 0 radical (unpaired) electrons. The van der Waals surface area contributed by atoms with Gasteiger partial charge in [0, 0.05) is 0 Å². The highest BCUT2D eigenvalue weighted by Gasteiger charge is 2.21. The van der Waals surface area contributed by atoms with Crippen molar-refractivity contribution in [3.63, 3.8) is 0 Å². The molecule has 0 aromatic heterocycles. The molecule has 0 aromatic carbocycles. The lowest BCUT2D eigenvalue weighted by Gasteiger charge is -2.23. The molecule has 1 nitrogen and oxygen atoms in total. The summed E-state index contributed by atoms with van der Waals surface area (Å²) in [6.07, 6.45) is 14.3.